The van der Waals surface area contributed by atoms with Crippen molar-refractivity contribution in [1.82, 2.24) is 5.32 Å². The van der Waals surface area contributed by atoms with Crippen LogP contribution >= 0.6 is 0 Å². The number of hydrogen-bond donors (Lipinski definition) is 2. The van der Waals surface area contributed by atoms with Crippen LogP contribution in [0.1, 0.15) is 17.5 Å². The van der Waals surface area contributed by atoms with Crippen LogP contribution < -0.4 is 11.1 Å². The maximum Gasteiger partial charge on any atom is 0.218 e. The Morgan fingerprint density at radius 3 is 2.94 bits per heavy atom. The molecule has 16 heavy (non-hydrogen) atoms. The molecule has 1 amide bonds. The third-order valence-corrected chi connectivity index (χ3v) is 2.04. The van der Waals surface area contributed by atoms with Crippen LogP contribution in [0.15, 0.2) is 18.2 Å². The average Bonchev–Trinajstić information content (AvgIpc) is 2.26. The molecule has 0 aliphatic carbocycles. The number of amides is 1. The van der Waals surface area contributed by atoms with E-state index in [0.717, 1.165) is 0 Å². The van der Waals surface area contributed by atoms with Crippen LogP contribution in [-0.4, -0.2) is 12.5 Å². The van der Waals surface area contributed by atoms with Gasteiger partial charge >= 0.3 is 0 Å². The van der Waals surface area contributed by atoms with Gasteiger partial charge in [0.25, 0.3) is 0 Å². The van der Waals surface area contributed by atoms with Gasteiger partial charge < -0.3 is 11.1 Å². The molecule has 0 unspecified atom stereocenters. The Hall–Kier alpha value is -1.93. The van der Waals surface area contributed by atoms with E-state index in [1.54, 1.807) is 0 Å². The van der Waals surface area contributed by atoms with Gasteiger partial charge in [-0.1, -0.05) is 0 Å². The van der Waals surface area contributed by atoms with Gasteiger partial charge in [-0.25, -0.2) is 4.39 Å². The Morgan fingerprint density at radius 1 is 1.56 bits per heavy atom. The molecule has 0 heterocycles. The first-order valence-corrected chi connectivity index (χ1v) is 4.81. The lowest BCUT2D eigenvalue weighted by atomic mass is 10.1. The van der Waals surface area contributed by atoms with Gasteiger partial charge in [-0.3, -0.25) is 4.79 Å². The van der Waals surface area contributed by atoms with Crippen molar-refractivity contribution in [3.8, 4) is 6.07 Å². The van der Waals surface area contributed by atoms with Crippen molar-refractivity contribution in [1.29, 1.82) is 5.26 Å². The highest BCUT2D eigenvalue weighted by Gasteiger charge is 2.03. The first-order valence-electron chi connectivity index (χ1n) is 4.81. The van der Waals surface area contributed by atoms with Gasteiger partial charge in [-0.2, -0.15) is 5.26 Å². The van der Waals surface area contributed by atoms with Crippen LogP contribution in [0.25, 0.3) is 0 Å². The smallest absolute Gasteiger partial charge is 0.218 e. The first-order chi connectivity index (χ1) is 7.63. The zero-order chi connectivity index (χ0) is 12.0. The van der Waals surface area contributed by atoms with Crippen molar-refractivity contribution in [3.05, 3.63) is 35.1 Å². The maximum atomic E-state index is 13.3. The topological polar surface area (TPSA) is 78.9 Å². The fraction of sp³-hybridized carbons (Fsp3) is 0.273. The Bertz CT molecular complexity index is 426. The maximum absolute atomic E-state index is 13.3. The quantitative estimate of drug-likeness (QED) is 0.717. The Morgan fingerprint density at radius 2 is 2.31 bits per heavy atom. The minimum absolute atomic E-state index is 0.208. The number of nitrogens with zero attached hydrogens (tertiary/aromatic N) is 1. The second-order valence-corrected chi connectivity index (χ2v) is 3.31. The molecule has 84 valence electrons. The number of nitrogens with one attached hydrogen (secondary N) is 1. The number of primary amides is 1. The highest BCUT2D eigenvalue weighted by molar-refractivity contribution is 5.73. The fourth-order valence-corrected chi connectivity index (χ4v) is 1.21. The van der Waals surface area contributed by atoms with E-state index >= 15 is 0 Å². The molecule has 0 spiro atoms. The third-order valence-electron chi connectivity index (χ3n) is 2.04. The van der Waals surface area contributed by atoms with E-state index in [2.05, 4.69) is 5.32 Å². The summed E-state index contributed by atoms with van der Waals surface area (Å²) in [6.45, 7) is 0.667. The predicted octanol–water partition coefficient (Wildman–Crippen LogP) is 0.662. The van der Waals surface area contributed by atoms with Crippen molar-refractivity contribution < 1.29 is 9.18 Å². The molecule has 0 atom stereocenters. The Balaban J connectivity index is 2.53. The Labute approximate surface area is 92.9 Å². The van der Waals surface area contributed by atoms with Crippen LogP contribution in [0, 0.1) is 17.1 Å². The van der Waals surface area contributed by atoms with Gasteiger partial charge in [0, 0.05) is 25.1 Å². The van der Waals surface area contributed by atoms with Gasteiger partial charge in [-0.05, 0) is 18.2 Å². The van der Waals surface area contributed by atoms with Crippen molar-refractivity contribution >= 4 is 5.91 Å². The summed E-state index contributed by atoms with van der Waals surface area (Å²) in [5.41, 5.74) is 5.77. The number of rotatable bonds is 5. The van der Waals surface area contributed by atoms with Gasteiger partial charge in [0.2, 0.25) is 5.91 Å². The summed E-state index contributed by atoms with van der Waals surface area (Å²) in [7, 11) is 0. The van der Waals surface area contributed by atoms with Gasteiger partial charge in [0.05, 0.1) is 11.6 Å². The highest BCUT2D eigenvalue weighted by Crippen LogP contribution is 2.09. The van der Waals surface area contributed by atoms with E-state index in [1.165, 1.54) is 18.2 Å². The molecule has 1 aromatic carbocycles. The van der Waals surface area contributed by atoms with E-state index in [1.807, 2.05) is 6.07 Å². The normalized spacial score (nSPS) is 9.75. The zero-order valence-corrected chi connectivity index (χ0v) is 8.66. The molecule has 0 aromatic heterocycles. The molecule has 3 N–H and O–H groups in total. The van der Waals surface area contributed by atoms with Crippen molar-refractivity contribution in [2.75, 3.05) is 6.54 Å². The monoisotopic (exact) mass is 221 g/mol. The molecule has 4 nitrogen and oxygen atoms in total. The van der Waals surface area contributed by atoms with E-state index in [-0.39, 0.29) is 18.8 Å². The molecule has 0 aliphatic heterocycles. The van der Waals surface area contributed by atoms with Gasteiger partial charge in [0.1, 0.15) is 5.82 Å². The van der Waals surface area contributed by atoms with E-state index in [9.17, 15) is 9.18 Å². The molecule has 0 radical (unpaired) electrons. The Kier molecular flexibility index (Phi) is 4.42. The predicted molar refractivity (Wildman–Crippen MR) is 56.6 cm³/mol. The molecule has 0 saturated carbocycles. The molecular weight excluding hydrogens is 209 g/mol. The lowest BCUT2D eigenvalue weighted by Gasteiger charge is -2.05. The lowest BCUT2D eigenvalue weighted by molar-refractivity contribution is -0.117. The van der Waals surface area contributed by atoms with Crippen LogP contribution in [-0.2, 0) is 11.3 Å². The average molecular weight is 221 g/mol. The summed E-state index contributed by atoms with van der Waals surface area (Å²) < 4.78 is 13.3. The van der Waals surface area contributed by atoms with Crippen LogP contribution in [0.2, 0.25) is 0 Å². The number of nitrogens with two attached hydrogens (primary N) is 1. The number of halogens is 1. The third kappa shape index (κ3) is 3.67. The molecule has 5 heteroatoms. The number of benzene rings is 1. The van der Waals surface area contributed by atoms with Gasteiger partial charge in [-0.15, -0.1) is 0 Å². The molecule has 1 aromatic rings. The zero-order valence-electron chi connectivity index (χ0n) is 8.66. The summed E-state index contributed by atoms with van der Waals surface area (Å²) in [6.07, 6.45) is 0.208. The number of nitriles is 1. The molecule has 0 aliphatic rings. The summed E-state index contributed by atoms with van der Waals surface area (Å²) in [5, 5.41) is 11.5. The number of carbonyl (C=O) groups excluding carboxylic acids is 1. The summed E-state index contributed by atoms with van der Waals surface area (Å²) in [6, 6.07) is 6.09. The van der Waals surface area contributed by atoms with Crippen LogP contribution in [0.4, 0.5) is 4.39 Å². The van der Waals surface area contributed by atoms with E-state index in [0.29, 0.717) is 17.7 Å². The molecule has 0 saturated heterocycles. The summed E-state index contributed by atoms with van der Waals surface area (Å²) >= 11 is 0. The van der Waals surface area contributed by atoms with Crippen molar-refractivity contribution in [3.63, 3.8) is 0 Å². The van der Waals surface area contributed by atoms with E-state index in [4.69, 9.17) is 11.0 Å². The second kappa shape index (κ2) is 5.83. The van der Waals surface area contributed by atoms with E-state index < -0.39 is 5.91 Å². The minimum Gasteiger partial charge on any atom is -0.370 e. The lowest BCUT2D eigenvalue weighted by Crippen LogP contribution is -2.22. The SMILES string of the molecule is N#Cc1ccc(F)c(CNCCC(N)=O)c1. The molecule has 1 rings (SSSR count). The summed E-state index contributed by atoms with van der Waals surface area (Å²) in [4.78, 5) is 10.4. The summed E-state index contributed by atoms with van der Waals surface area (Å²) in [5.74, 6) is -0.774. The minimum atomic E-state index is -0.404. The van der Waals surface area contributed by atoms with Crippen molar-refractivity contribution in [2.24, 2.45) is 5.73 Å². The second-order valence-electron chi connectivity index (χ2n) is 3.31. The van der Waals surface area contributed by atoms with Crippen LogP contribution in [0.3, 0.4) is 0 Å². The number of carbonyl (C=O) groups is 1. The molecular formula is C11H12FN3O. The molecule has 0 fully saturated rings. The standard InChI is InChI=1S/C11H12FN3O/c12-10-2-1-8(6-13)5-9(10)7-15-4-3-11(14)16/h1-2,5,15H,3-4,7H2,(H2,14,16). The first kappa shape index (κ1) is 12.1. The van der Waals surface area contributed by atoms with Crippen LogP contribution in [0.5, 0.6) is 0 Å². The number of hydrogen-bond acceptors (Lipinski definition) is 3. The largest absolute Gasteiger partial charge is 0.370 e. The highest BCUT2D eigenvalue weighted by atomic mass is 19.1. The van der Waals surface area contributed by atoms with Crippen molar-refractivity contribution in [2.45, 2.75) is 13.0 Å². The molecule has 0 bridgehead atoms. The fourth-order valence-electron chi connectivity index (χ4n) is 1.21. The van der Waals surface area contributed by atoms with Gasteiger partial charge in [0.15, 0.2) is 0 Å².